The Morgan fingerprint density at radius 3 is 2.26 bits per heavy atom. The molecule has 61 heavy (non-hydrogen) atoms. The summed E-state index contributed by atoms with van der Waals surface area (Å²) in [6.45, 7) is 12.3. The Morgan fingerprint density at radius 2 is 1.57 bits per heavy atom. The second-order valence-corrected chi connectivity index (χ2v) is 18.2. The quantitative estimate of drug-likeness (QED) is 0.0250. The maximum Gasteiger partial charge on any atom is 0.294 e. The van der Waals surface area contributed by atoms with Crippen LogP contribution in [0.4, 0.5) is 17.1 Å². The summed E-state index contributed by atoms with van der Waals surface area (Å²) in [6, 6.07) is 18.0. The van der Waals surface area contributed by atoms with Crippen molar-refractivity contribution in [3.05, 3.63) is 141 Å². The molecule has 3 aromatic rings. The predicted molar refractivity (Wildman–Crippen MR) is 236 cm³/mol. The van der Waals surface area contributed by atoms with Gasteiger partial charge in [0, 0.05) is 91.3 Å². The van der Waals surface area contributed by atoms with Crippen LogP contribution in [0, 0.1) is 17.0 Å². The van der Waals surface area contributed by atoms with Crippen LogP contribution in [0.5, 0.6) is 0 Å². The van der Waals surface area contributed by atoms with Crippen LogP contribution in [-0.2, 0) is 41.8 Å². The summed E-state index contributed by atoms with van der Waals surface area (Å²) < 4.78 is 36.3. The minimum atomic E-state index is -4.42. The number of anilines is 1. The fraction of sp³-hybridized carbons (Fsp3) is 0.362. The van der Waals surface area contributed by atoms with Gasteiger partial charge >= 0.3 is 0 Å². The van der Waals surface area contributed by atoms with Crippen LogP contribution in [0.2, 0.25) is 0 Å². The second-order valence-electron chi connectivity index (χ2n) is 16.8. The van der Waals surface area contributed by atoms with Gasteiger partial charge in [0.1, 0.15) is 6.54 Å². The number of nitrogens with zero attached hydrogens (tertiary/aromatic N) is 4. The van der Waals surface area contributed by atoms with E-state index >= 15 is 0 Å². The van der Waals surface area contributed by atoms with Gasteiger partial charge in [-0.25, -0.2) is 0 Å². The third-order valence-corrected chi connectivity index (χ3v) is 12.6. The number of fused-ring (bicyclic) bond motifs is 2. The Morgan fingerprint density at radius 1 is 0.852 bits per heavy atom. The van der Waals surface area contributed by atoms with E-state index in [9.17, 15) is 37.5 Å². The van der Waals surface area contributed by atoms with E-state index in [1.54, 1.807) is 24.3 Å². The molecule has 0 fully saturated rings. The SMILES string of the molecule is Cc1ccc2c(c1)C(C)(C)C(=CC=CC=CC1=[N+](CCCCCC(=O)NCCN3C(=O)C=CC3=O)c3ccc(S(=O)(=O)O)cc3C1(C)C)N2CCCc1ccc([N+](=O)[O-])cc1. The van der Waals surface area contributed by atoms with Crippen molar-refractivity contribution < 1.29 is 36.9 Å². The van der Waals surface area contributed by atoms with Crippen molar-refractivity contribution in [1.29, 1.82) is 0 Å². The van der Waals surface area contributed by atoms with Crippen LogP contribution >= 0.6 is 0 Å². The molecule has 0 radical (unpaired) electrons. The highest BCUT2D eigenvalue weighted by atomic mass is 32.2. The van der Waals surface area contributed by atoms with E-state index in [1.807, 2.05) is 50.3 Å². The molecule has 3 amide bonds. The van der Waals surface area contributed by atoms with E-state index in [0.29, 0.717) is 19.4 Å². The van der Waals surface area contributed by atoms with Gasteiger partial charge in [-0.05, 0) is 81.9 Å². The molecule has 13 nitrogen and oxygen atoms in total. The van der Waals surface area contributed by atoms with Gasteiger partial charge in [0.25, 0.3) is 27.6 Å². The van der Waals surface area contributed by atoms with E-state index < -0.39 is 15.5 Å². The fourth-order valence-corrected chi connectivity index (χ4v) is 8.96. The summed E-state index contributed by atoms with van der Waals surface area (Å²) in [7, 11) is -4.42. The number of amides is 3. The zero-order valence-corrected chi connectivity index (χ0v) is 36.2. The molecule has 0 aromatic heterocycles. The topological polar surface area (TPSA) is 170 Å². The molecular weight excluding hydrogens is 795 g/mol. The van der Waals surface area contributed by atoms with E-state index in [4.69, 9.17) is 0 Å². The van der Waals surface area contributed by atoms with Gasteiger partial charge in [-0.1, -0.05) is 61.9 Å². The molecule has 0 bridgehead atoms. The highest BCUT2D eigenvalue weighted by Gasteiger charge is 2.45. The number of rotatable bonds is 18. The Hall–Kier alpha value is -5.99. The largest absolute Gasteiger partial charge is 0.354 e. The zero-order chi connectivity index (χ0) is 44.1. The van der Waals surface area contributed by atoms with Crippen molar-refractivity contribution in [3.8, 4) is 0 Å². The number of non-ortho nitro benzene ring substituents is 1. The summed E-state index contributed by atoms with van der Waals surface area (Å²) in [5.41, 5.74) is 7.63. The highest BCUT2D eigenvalue weighted by molar-refractivity contribution is 7.85. The van der Waals surface area contributed by atoms with Gasteiger partial charge in [0.05, 0.1) is 15.2 Å². The molecule has 3 aliphatic heterocycles. The standard InChI is InChI=1S/C47H53N5O8S/c1-33-17-23-39-37(31-33)46(2,3)41(50(39)29-12-13-34-18-20-35(21-19-34)52(56)57)14-8-6-9-15-42-47(4,5)38-32-36(61(58,59)60)22-24-40(38)49(42)28-11-7-10-16-43(53)48-27-30-51-44(54)25-26-45(51)55/h6,8-9,14-15,17-26,31-32H,7,10-13,16,27-30H2,1-5H3,(H-,48,53,58,59,60)/p+1. The normalized spacial score (nSPS) is 17.4. The van der Waals surface area contributed by atoms with Gasteiger partial charge in [0.2, 0.25) is 11.6 Å². The molecule has 6 rings (SSSR count). The molecule has 0 atom stereocenters. The third kappa shape index (κ3) is 9.98. The van der Waals surface area contributed by atoms with E-state index in [0.717, 1.165) is 65.4 Å². The molecule has 14 heteroatoms. The van der Waals surface area contributed by atoms with Crippen LogP contribution < -0.4 is 10.2 Å². The van der Waals surface area contributed by atoms with Crippen molar-refractivity contribution >= 4 is 50.6 Å². The zero-order valence-electron chi connectivity index (χ0n) is 35.4. The van der Waals surface area contributed by atoms with Crippen molar-refractivity contribution in [3.63, 3.8) is 0 Å². The first kappa shape index (κ1) is 44.6. The molecule has 0 unspecified atom stereocenters. The number of nitro benzene ring substituents is 1. The number of carbonyl (C=O) groups is 3. The maximum absolute atomic E-state index is 12.5. The van der Waals surface area contributed by atoms with Gasteiger partial charge in [0.15, 0.2) is 5.71 Å². The van der Waals surface area contributed by atoms with Crippen LogP contribution in [0.25, 0.3) is 0 Å². The highest BCUT2D eigenvalue weighted by Crippen LogP contribution is 2.48. The first-order chi connectivity index (χ1) is 28.9. The lowest BCUT2D eigenvalue weighted by Gasteiger charge is -2.27. The molecule has 0 saturated carbocycles. The Labute approximate surface area is 357 Å². The summed E-state index contributed by atoms with van der Waals surface area (Å²) in [4.78, 5) is 50.0. The molecule has 3 heterocycles. The molecule has 0 spiro atoms. The number of hydrogen-bond acceptors (Lipinski definition) is 8. The number of benzene rings is 3. The van der Waals surface area contributed by atoms with E-state index in [-0.39, 0.29) is 51.7 Å². The smallest absolute Gasteiger partial charge is 0.294 e. The lowest BCUT2D eigenvalue weighted by Crippen LogP contribution is -2.38. The van der Waals surface area contributed by atoms with Crippen LogP contribution in [0.1, 0.15) is 82.1 Å². The number of nitrogens with one attached hydrogen (secondary N) is 1. The molecule has 3 aliphatic rings. The monoisotopic (exact) mass is 848 g/mol. The Balaban J connectivity index is 1.16. The summed E-state index contributed by atoms with van der Waals surface area (Å²) in [6.07, 6.45) is 16.7. The van der Waals surface area contributed by atoms with Crippen molar-refractivity contribution in [2.24, 2.45) is 0 Å². The molecule has 0 saturated heterocycles. The second kappa shape index (κ2) is 18.3. The van der Waals surface area contributed by atoms with Crippen molar-refractivity contribution in [2.75, 3.05) is 31.1 Å². The van der Waals surface area contributed by atoms with Gasteiger partial charge in [-0.2, -0.15) is 13.0 Å². The van der Waals surface area contributed by atoms with E-state index in [1.165, 1.54) is 35.0 Å². The van der Waals surface area contributed by atoms with Gasteiger partial charge < -0.3 is 10.2 Å². The molecule has 0 aliphatic carbocycles. The van der Waals surface area contributed by atoms with Crippen LogP contribution in [0.15, 0.2) is 114 Å². The summed E-state index contributed by atoms with van der Waals surface area (Å²) in [5.74, 6) is -0.917. The predicted octanol–water partition coefficient (Wildman–Crippen LogP) is 7.55. The Bertz CT molecular complexity index is 2480. The van der Waals surface area contributed by atoms with Crippen LogP contribution in [0.3, 0.4) is 0 Å². The minimum absolute atomic E-state index is 0.0819. The van der Waals surface area contributed by atoms with Gasteiger partial charge in [-0.15, -0.1) is 0 Å². The van der Waals surface area contributed by atoms with E-state index in [2.05, 4.69) is 59.8 Å². The average Bonchev–Trinajstić information content (AvgIpc) is 3.72. The summed E-state index contributed by atoms with van der Waals surface area (Å²) in [5, 5.41) is 13.9. The first-order valence-corrected chi connectivity index (χ1v) is 22.1. The Kier molecular flexibility index (Phi) is 13.4. The molecule has 2 N–H and O–H groups in total. The number of unbranched alkanes of at least 4 members (excludes halogenated alkanes) is 2. The number of imide groups is 1. The summed E-state index contributed by atoms with van der Waals surface area (Å²) >= 11 is 0. The number of allylic oxidation sites excluding steroid dienone is 6. The third-order valence-electron chi connectivity index (χ3n) is 11.8. The fourth-order valence-electron chi connectivity index (χ4n) is 8.45. The number of nitro groups is 1. The number of hydrogen-bond donors (Lipinski definition) is 2. The number of carbonyl (C=O) groups excluding carboxylic acids is 3. The number of aryl methyl sites for hydroxylation is 2. The van der Waals surface area contributed by atoms with Gasteiger partial charge in [-0.3, -0.25) is 34.0 Å². The maximum atomic E-state index is 12.5. The molecule has 320 valence electrons. The lowest BCUT2D eigenvalue weighted by atomic mass is 9.81. The van der Waals surface area contributed by atoms with Crippen molar-refractivity contribution in [2.45, 2.75) is 88.9 Å². The lowest BCUT2D eigenvalue weighted by molar-refractivity contribution is -0.438. The average molecular weight is 849 g/mol. The molecule has 3 aromatic carbocycles. The molecular formula is C47H54N5O8S+. The minimum Gasteiger partial charge on any atom is -0.354 e. The first-order valence-electron chi connectivity index (χ1n) is 20.6. The van der Waals surface area contributed by atoms with Crippen LogP contribution in [-0.4, -0.2) is 77.0 Å². The van der Waals surface area contributed by atoms with Crippen molar-refractivity contribution in [1.82, 2.24) is 10.2 Å².